The summed E-state index contributed by atoms with van der Waals surface area (Å²) in [5.74, 6) is -2.31. The summed E-state index contributed by atoms with van der Waals surface area (Å²) in [6.45, 7) is 0. The van der Waals surface area contributed by atoms with Crippen LogP contribution in [-0.4, -0.2) is 37.5 Å². The lowest BCUT2D eigenvalue weighted by molar-refractivity contribution is -0.167. The first kappa shape index (κ1) is 17.6. The number of imide groups is 1. The number of hydroxylamine groups is 2. The summed E-state index contributed by atoms with van der Waals surface area (Å²) in [7, 11) is -3.53. The third-order valence-electron chi connectivity index (χ3n) is 3.60. The molecule has 0 unspecified atom stereocenters. The molecule has 0 radical (unpaired) electrons. The van der Waals surface area contributed by atoms with E-state index >= 15 is 0 Å². The van der Waals surface area contributed by atoms with E-state index in [4.69, 9.17) is 4.84 Å². The van der Waals surface area contributed by atoms with Crippen LogP contribution >= 0.6 is 0 Å². The minimum atomic E-state index is -3.53. The van der Waals surface area contributed by atoms with Gasteiger partial charge in [-0.1, -0.05) is 35.4 Å². The number of nitrogens with one attached hydrogen (secondary N) is 1. The van der Waals surface area contributed by atoms with Crippen LogP contribution in [0.15, 0.2) is 48.5 Å². The molecule has 0 saturated heterocycles. The topological polar surface area (TPSA) is 110 Å². The largest absolute Gasteiger partial charge is 0.337 e. The molecule has 8 nitrogen and oxygen atoms in total. The summed E-state index contributed by atoms with van der Waals surface area (Å²) in [6, 6.07) is 12.4. The molecule has 2 amide bonds. The highest BCUT2D eigenvalue weighted by Gasteiger charge is 2.38. The van der Waals surface area contributed by atoms with E-state index in [-0.39, 0.29) is 23.2 Å². The zero-order valence-corrected chi connectivity index (χ0v) is 14.4. The number of benzene rings is 2. The van der Waals surface area contributed by atoms with Crippen molar-refractivity contribution in [3.8, 4) is 0 Å². The third kappa shape index (κ3) is 3.57. The van der Waals surface area contributed by atoms with Crippen LogP contribution in [0.1, 0.15) is 26.3 Å². The molecule has 1 aliphatic heterocycles. The molecule has 1 aliphatic rings. The lowest BCUT2D eigenvalue weighted by Gasteiger charge is -2.14. The number of amides is 2. The van der Waals surface area contributed by atoms with E-state index in [9.17, 15) is 22.8 Å². The molecule has 0 aromatic heterocycles. The molecular weight excluding hydrogens is 360 g/mol. The number of fused-ring (bicyclic) bond motifs is 1. The molecule has 9 heteroatoms. The van der Waals surface area contributed by atoms with Gasteiger partial charge in [0.25, 0.3) is 11.8 Å². The quantitative estimate of drug-likeness (QED) is 0.791. The predicted molar refractivity (Wildman–Crippen MR) is 91.6 cm³/mol. The second-order valence-corrected chi connectivity index (χ2v) is 7.37. The van der Waals surface area contributed by atoms with Crippen molar-refractivity contribution in [1.29, 1.82) is 0 Å². The molecule has 1 heterocycles. The van der Waals surface area contributed by atoms with Crippen molar-refractivity contribution in [3.63, 3.8) is 0 Å². The van der Waals surface area contributed by atoms with Crippen molar-refractivity contribution < 1.29 is 27.6 Å². The van der Waals surface area contributed by atoms with E-state index in [1.54, 1.807) is 24.3 Å². The fraction of sp³-hybridized carbons (Fsp3) is 0.118. The smallest absolute Gasteiger partial charge is 0.329 e. The van der Waals surface area contributed by atoms with Crippen LogP contribution in [0.25, 0.3) is 0 Å². The average molecular weight is 374 g/mol. The number of carbonyl (C=O) groups excluding carboxylic acids is 3. The molecule has 0 spiro atoms. The van der Waals surface area contributed by atoms with Gasteiger partial charge in [0, 0.05) is 0 Å². The Kier molecular flexibility index (Phi) is 4.47. The molecule has 0 aliphatic carbocycles. The molecular formula is C17H14N2O6S. The summed E-state index contributed by atoms with van der Waals surface area (Å²) < 4.78 is 25.1. The Morgan fingerprint density at radius 2 is 1.54 bits per heavy atom. The van der Waals surface area contributed by atoms with E-state index in [0.717, 1.165) is 6.26 Å². The standard InChI is InChI=1S/C17H14N2O6S/c1-26(23,24)18-14-9-5-2-6-11(14)10-15(20)25-19-16(21)12-7-3-4-8-13(12)17(19)22/h2-9,18H,10H2,1H3. The SMILES string of the molecule is CS(=O)(=O)Nc1ccccc1CC(=O)ON1C(=O)c2ccccc2C1=O. The molecule has 3 rings (SSSR count). The van der Waals surface area contributed by atoms with Crippen LogP contribution in [0.2, 0.25) is 0 Å². The van der Waals surface area contributed by atoms with Gasteiger partial charge in [-0.2, -0.15) is 0 Å². The molecule has 0 atom stereocenters. The van der Waals surface area contributed by atoms with Gasteiger partial charge in [-0.25, -0.2) is 13.2 Å². The Hall–Kier alpha value is -3.20. The highest BCUT2D eigenvalue weighted by atomic mass is 32.2. The van der Waals surface area contributed by atoms with Gasteiger partial charge in [0.2, 0.25) is 10.0 Å². The summed E-state index contributed by atoms with van der Waals surface area (Å²) in [5, 5.41) is 0.416. The summed E-state index contributed by atoms with van der Waals surface area (Å²) in [6.07, 6.45) is 0.660. The predicted octanol–water partition coefficient (Wildman–Crippen LogP) is 1.36. The zero-order valence-electron chi connectivity index (χ0n) is 13.6. The first-order valence-corrected chi connectivity index (χ1v) is 9.40. The molecule has 1 N–H and O–H groups in total. The van der Waals surface area contributed by atoms with Crippen LogP contribution in [0.3, 0.4) is 0 Å². The van der Waals surface area contributed by atoms with Crippen LogP contribution in [0.4, 0.5) is 5.69 Å². The molecule has 0 saturated carbocycles. The first-order chi connectivity index (χ1) is 12.3. The molecule has 2 aromatic carbocycles. The summed E-state index contributed by atoms with van der Waals surface area (Å²) in [4.78, 5) is 41.5. The maximum atomic E-state index is 12.2. The summed E-state index contributed by atoms with van der Waals surface area (Å²) in [5.41, 5.74) is 0.878. The van der Waals surface area contributed by atoms with E-state index in [1.807, 2.05) is 0 Å². The fourth-order valence-corrected chi connectivity index (χ4v) is 3.11. The minimum Gasteiger partial charge on any atom is -0.329 e. The van der Waals surface area contributed by atoms with Gasteiger partial charge in [-0.15, -0.1) is 0 Å². The van der Waals surface area contributed by atoms with Gasteiger partial charge < -0.3 is 4.84 Å². The first-order valence-electron chi connectivity index (χ1n) is 7.50. The number of hydrogen-bond acceptors (Lipinski definition) is 6. The van der Waals surface area contributed by atoms with Gasteiger partial charge in [0.05, 0.1) is 29.5 Å². The number of hydrogen-bond donors (Lipinski definition) is 1. The molecule has 0 fully saturated rings. The van der Waals surface area contributed by atoms with E-state index in [1.165, 1.54) is 24.3 Å². The number of rotatable bonds is 5. The summed E-state index contributed by atoms with van der Waals surface area (Å²) >= 11 is 0. The van der Waals surface area contributed by atoms with Crippen molar-refractivity contribution in [3.05, 3.63) is 65.2 Å². The Morgan fingerprint density at radius 3 is 2.12 bits per heavy atom. The van der Waals surface area contributed by atoms with E-state index in [0.29, 0.717) is 10.6 Å². The number of para-hydroxylation sites is 1. The number of carbonyl (C=O) groups is 3. The van der Waals surface area contributed by atoms with Crippen molar-refractivity contribution in [1.82, 2.24) is 5.06 Å². The Morgan fingerprint density at radius 1 is 1.00 bits per heavy atom. The van der Waals surface area contributed by atoms with Crippen molar-refractivity contribution in [2.75, 3.05) is 11.0 Å². The second kappa shape index (κ2) is 6.60. The highest BCUT2D eigenvalue weighted by molar-refractivity contribution is 7.92. The molecule has 0 bridgehead atoms. The zero-order chi connectivity index (χ0) is 18.9. The van der Waals surface area contributed by atoms with Crippen LogP contribution in [0, 0.1) is 0 Å². The van der Waals surface area contributed by atoms with Crippen molar-refractivity contribution in [2.24, 2.45) is 0 Å². The fourth-order valence-electron chi connectivity index (χ4n) is 2.51. The van der Waals surface area contributed by atoms with E-state index in [2.05, 4.69) is 4.72 Å². The Labute approximate surface area is 149 Å². The number of sulfonamides is 1. The normalized spacial score (nSPS) is 13.5. The molecule has 26 heavy (non-hydrogen) atoms. The maximum absolute atomic E-state index is 12.2. The molecule has 134 valence electrons. The van der Waals surface area contributed by atoms with E-state index < -0.39 is 27.8 Å². The lowest BCUT2D eigenvalue weighted by Crippen LogP contribution is -2.33. The van der Waals surface area contributed by atoms with Crippen LogP contribution in [-0.2, 0) is 26.1 Å². The monoisotopic (exact) mass is 374 g/mol. The van der Waals surface area contributed by atoms with Gasteiger partial charge in [-0.3, -0.25) is 14.3 Å². The average Bonchev–Trinajstić information content (AvgIpc) is 2.81. The van der Waals surface area contributed by atoms with Gasteiger partial charge in [0.15, 0.2) is 0 Å². The molecule has 2 aromatic rings. The lowest BCUT2D eigenvalue weighted by atomic mass is 10.1. The van der Waals surface area contributed by atoms with Crippen LogP contribution < -0.4 is 4.72 Å². The highest BCUT2D eigenvalue weighted by Crippen LogP contribution is 2.23. The number of anilines is 1. The Balaban J connectivity index is 1.75. The van der Waals surface area contributed by atoms with Crippen molar-refractivity contribution in [2.45, 2.75) is 6.42 Å². The second-order valence-electron chi connectivity index (χ2n) is 5.62. The van der Waals surface area contributed by atoms with Crippen molar-refractivity contribution >= 4 is 33.5 Å². The van der Waals surface area contributed by atoms with Gasteiger partial charge >= 0.3 is 5.97 Å². The third-order valence-corrected chi connectivity index (χ3v) is 4.19. The van der Waals surface area contributed by atoms with Crippen LogP contribution in [0.5, 0.6) is 0 Å². The van der Waals surface area contributed by atoms with Gasteiger partial charge in [-0.05, 0) is 23.8 Å². The minimum absolute atomic E-state index is 0.157. The maximum Gasteiger partial charge on any atom is 0.337 e. The number of nitrogens with zero attached hydrogens (tertiary/aromatic N) is 1. The van der Waals surface area contributed by atoms with Gasteiger partial charge in [0.1, 0.15) is 0 Å². The Bertz CT molecular complexity index is 980.